The number of hydrogen-bond donors (Lipinski definition) is 2. The van der Waals surface area contributed by atoms with Gasteiger partial charge in [0.2, 0.25) is 5.88 Å². The van der Waals surface area contributed by atoms with Crippen molar-refractivity contribution in [2.75, 3.05) is 38.6 Å². The maximum atomic E-state index is 13.0. The van der Waals surface area contributed by atoms with E-state index in [1.54, 1.807) is 28.1 Å². The summed E-state index contributed by atoms with van der Waals surface area (Å²) < 4.78 is 5.07. The summed E-state index contributed by atoms with van der Waals surface area (Å²) in [6.07, 6.45) is 7.37. The smallest absolute Gasteiger partial charge is 0.320 e. The third-order valence-electron chi connectivity index (χ3n) is 5.75. The fourth-order valence-electron chi connectivity index (χ4n) is 4.08. The van der Waals surface area contributed by atoms with Crippen LogP contribution in [0, 0.1) is 0 Å². The zero-order valence-corrected chi connectivity index (χ0v) is 18.0. The number of rotatable bonds is 8. The number of urea groups is 1. The summed E-state index contributed by atoms with van der Waals surface area (Å²) >= 11 is 0. The molecule has 0 unspecified atom stereocenters. The SMILES string of the molecule is COc1ccc([C@H](CC(=O)O)N2CCN(C/C=C/c3ccc4c(n3)NCCC4)C2=O)cn1. The molecular formula is C23H27N5O4. The Labute approximate surface area is 186 Å². The summed E-state index contributed by atoms with van der Waals surface area (Å²) in [4.78, 5) is 36.6. The number of carbonyl (C=O) groups excluding carboxylic acids is 1. The van der Waals surface area contributed by atoms with E-state index in [1.807, 2.05) is 18.2 Å². The van der Waals surface area contributed by atoms with E-state index in [0.29, 0.717) is 31.1 Å². The molecule has 2 aliphatic heterocycles. The Morgan fingerprint density at radius 2 is 2.19 bits per heavy atom. The molecule has 2 aromatic heterocycles. The van der Waals surface area contributed by atoms with Crippen LogP contribution in [0.25, 0.3) is 6.08 Å². The van der Waals surface area contributed by atoms with Gasteiger partial charge < -0.3 is 25.0 Å². The number of carboxylic acid groups (broad SMARTS) is 1. The Hall–Kier alpha value is -3.62. The predicted octanol–water partition coefficient (Wildman–Crippen LogP) is 2.81. The van der Waals surface area contributed by atoms with Crippen LogP contribution in [0.15, 0.2) is 36.5 Å². The van der Waals surface area contributed by atoms with Gasteiger partial charge in [0.1, 0.15) is 5.82 Å². The minimum Gasteiger partial charge on any atom is -0.481 e. The van der Waals surface area contributed by atoms with E-state index in [-0.39, 0.29) is 12.5 Å². The third-order valence-corrected chi connectivity index (χ3v) is 5.75. The number of fused-ring (bicyclic) bond motifs is 1. The molecule has 2 amide bonds. The molecule has 9 nitrogen and oxygen atoms in total. The summed E-state index contributed by atoms with van der Waals surface area (Å²) in [5.41, 5.74) is 2.75. The Bertz CT molecular complexity index is 1010. The molecule has 4 heterocycles. The van der Waals surface area contributed by atoms with Gasteiger partial charge in [-0.15, -0.1) is 0 Å². The quantitative estimate of drug-likeness (QED) is 0.654. The van der Waals surface area contributed by atoms with Crippen molar-refractivity contribution in [3.63, 3.8) is 0 Å². The molecule has 1 atom stereocenters. The lowest BCUT2D eigenvalue weighted by molar-refractivity contribution is -0.138. The largest absolute Gasteiger partial charge is 0.481 e. The van der Waals surface area contributed by atoms with Crippen LogP contribution < -0.4 is 10.1 Å². The maximum Gasteiger partial charge on any atom is 0.320 e. The molecule has 168 valence electrons. The van der Waals surface area contributed by atoms with Gasteiger partial charge in [-0.25, -0.2) is 14.8 Å². The van der Waals surface area contributed by atoms with Crippen molar-refractivity contribution in [1.29, 1.82) is 0 Å². The molecule has 4 rings (SSSR count). The second kappa shape index (κ2) is 9.67. The molecule has 0 aromatic carbocycles. The predicted molar refractivity (Wildman–Crippen MR) is 120 cm³/mol. The van der Waals surface area contributed by atoms with Crippen molar-refractivity contribution >= 4 is 23.9 Å². The van der Waals surface area contributed by atoms with Crippen LogP contribution in [-0.4, -0.2) is 70.2 Å². The number of anilines is 1. The van der Waals surface area contributed by atoms with Crippen LogP contribution in [0.1, 0.15) is 35.7 Å². The molecule has 1 fully saturated rings. The lowest BCUT2D eigenvalue weighted by atomic mass is 10.0. The Morgan fingerprint density at radius 3 is 2.94 bits per heavy atom. The van der Waals surface area contributed by atoms with Gasteiger partial charge in [0.15, 0.2) is 0 Å². The van der Waals surface area contributed by atoms with Crippen LogP contribution in [0.3, 0.4) is 0 Å². The van der Waals surface area contributed by atoms with Crippen LogP contribution in [0.2, 0.25) is 0 Å². The third kappa shape index (κ3) is 4.82. The van der Waals surface area contributed by atoms with Crippen molar-refractivity contribution in [3.05, 3.63) is 53.4 Å². The minimum absolute atomic E-state index is 0.184. The average molecular weight is 438 g/mol. The standard InChI is InChI=1S/C23H27N5O4/c1-32-20-9-7-17(15-25-20)19(14-21(29)30)28-13-12-27(23(28)31)11-3-5-18-8-6-16-4-2-10-24-22(16)26-18/h3,5-9,15,19H,2,4,10-14H2,1H3,(H,24,26)(H,29,30)/b5-3+/t19-/m0/s1. The van der Waals surface area contributed by atoms with Crippen molar-refractivity contribution in [3.8, 4) is 5.88 Å². The molecule has 0 bridgehead atoms. The van der Waals surface area contributed by atoms with Gasteiger partial charge >= 0.3 is 12.0 Å². The average Bonchev–Trinajstić information content (AvgIpc) is 3.17. The number of aromatic nitrogens is 2. The normalized spacial score (nSPS) is 16.7. The van der Waals surface area contributed by atoms with Crippen molar-refractivity contribution in [2.45, 2.75) is 25.3 Å². The molecule has 2 N–H and O–H groups in total. The topological polar surface area (TPSA) is 108 Å². The van der Waals surface area contributed by atoms with Gasteiger partial charge in [0.25, 0.3) is 0 Å². The highest BCUT2D eigenvalue weighted by atomic mass is 16.5. The van der Waals surface area contributed by atoms with Crippen molar-refractivity contribution < 1.29 is 19.4 Å². The molecule has 2 aromatic rings. The molecular weight excluding hydrogens is 410 g/mol. The second-order valence-electron chi connectivity index (χ2n) is 7.85. The number of aliphatic carboxylic acids is 1. The van der Waals surface area contributed by atoms with E-state index in [0.717, 1.165) is 30.9 Å². The first-order valence-corrected chi connectivity index (χ1v) is 10.7. The first-order chi connectivity index (χ1) is 15.5. The number of ether oxygens (including phenoxy) is 1. The van der Waals surface area contributed by atoms with Crippen LogP contribution in [-0.2, 0) is 11.2 Å². The summed E-state index contributed by atoms with van der Waals surface area (Å²) in [6.45, 7) is 2.36. The summed E-state index contributed by atoms with van der Waals surface area (Å²) in [5, 5.41) is 12.7. The zero-order valence-electron chi connectivity index (χ0n) is 18.0. The highest BCUT2D eigenvalue weighted by molar-refractivity contribution is 5.78. The fraction of sp³-hybridized carbons (Fsp3) is 0.391. The number of pyridine rings is 2. The molecule has 2 aliphatic rings. The van der Waals surface area contributed by atoms with E-state index in [4.69, 9.17) is 4.74 Å². The maximum absolute atomic E-state index is 13.0. The van der Waals surface area contributed by atoms with Gasteiger partial charge in [0, 0.05) is 38.4 Å². The molecule has 1 saturated heterocycles. The number of nitrogens with zero attached hydrogens (tertiary/aromatic N) is 4. The second-order valence-corrected chi connectivity index (χ2v) is 7.85. The van der Waals surface area contributed by atoms with Gasteiger partial charge in [-0.1, -0.05) is 18.2 Å². The Morgan fingerprint density at radius 1 is 1.31 bits per heavy atom. The number of methoxy groups -OCH3 is 1. The Balaban J connectivity index is 1.42. The minimum atomic E-state index is -0.968. The molecule has 0 spiro atoms. The first kappa shape index (κ1) is 21.6. The number of amides is 2. The van der Waals surface area contributed by atoms with Gasteiger partial charge in [-0.05, 0) is 36.1 Å². The number of hydrogen-bond acceptors (Lipinski definition) is 6. The monoisotopic (exact) mass is 437 g/mol. The highest BCUT2D eigenvalue weighted by Crippen LogP contribution is 2.29. The molecule has 0 radical (unpaired) electrons. The van der Waals surface area contributed by atoms with E-state index in [9.17, 15) is 14.7 Å². The number of carboxylic acids is 1. The van der Waals surface area contributed by atoms with Crippen molar-refractivity contribution in [1.82, 2.24) is 19.8 Å². The first-order valence-electron chi connectivity index (χ1n) is 10.7. The highest BCUT2D eigenvalue weighted by Gasteiger charge is 2.35. The van der Waals surface area contributed by atoms with Crippen LogP contribution in [0.5, 0.6) is 5.88 Å². The lowest BCUT2D eigenvalue weighted by Crippen LogP contribution is -2.35. The van der Waals surface area contributed by atoms with E-state index in [1.165, 1.54) is 12.7 Å². The fourth-order valence-corrected chi connectivity index (χ4v) is 4.08. The molecule has 0 saturated carbocycles. The zero-order chi connectivity index (χ0) is 22.5. The molecule has 9 heteroatoms. The van der Waals surface area contributed by atoms with Crippen LogP contribution in [0.4, 0.5) is 10.6 Å². The number of nitrogens with one attached hydrogen (secondary N) is 1. The summed E-state index contributed by atoms with van der Waals surface area (Å²) in [6, 6.07) is 6.74. The van der Waals surface area contributed by atoms with Crippen LogP contribution >= 0.6 is 0 Å². The van der Waals surface area contributed by atoms with Gasteiger partial charge in [-0.3, -0.25) is 4.79 Å². The van der Waals surface area contributed by atoms with E-state index in [2.05, 4.69) is 21.4 Å². The van der Waals surface area contributed by atoms with E-state index >= 15 is 0 Å². The van der Waals surface area contributed by atoms with Crippen molar-refractivity contribution in [2.24, 2.45) is 0 Å². The van der Waals surface area contributed by atoms with Gasteiger partial charge in [-0.2, -0.15) is 0 Å². The summed E-state index contributed by atoms with van der Waals surface area (Å²) in [5.74, 6) is 0.406. The number of aryl methyl sites for hydroxylation is 1. The number of carbonyl (C=O) groups is 2. The summed E-state index contributed by atoms with van der Waals surface area (Å²) in [7, 11) is 1.52. The Kier molecular flexibility index (Phi) is 6.53. The van der Waals surface area contributed by atoms with E-state index < -0.39 is 12.0 Å². The molecule has 0 aliphatic carbocycles. The lowest BCUT2D eigenvalue weighted by Gasteiger charge is -2.27. The molecule has 32 heavy (non-hydrogen) atoms. The van der Waals surface area contributed by atoms with Gasteiger partial charge in [0.05, 0.1) is 25.3 Å².